The molecule has 0 radical (unpaired) electrons. The Morgan fingerprint density at radius 2 is 2.29 bits per heavy atom. The Morgan fingerprint density at radius 1 is 1.43 bits per heavy atom. The number of hydrogen-bond acceptors (Lipinski definition) is 1. The molecule has 2 aliphatic rings. The van der Waals surface area contributed by atoms with E-state index in [9.17, 15) is 4.79 Å². The monoisotopic (exact) mass is 93.0 g/mol. The lowest BCUT2D eigenvalue weighted by Crippen LogP contribution is -1.92. The van der Waals surface area contributed by atoms with Gasteiger partial charge < -0.3 is 4.98 Å². The summed E-state index contributed by atoms with van der Waals surface area (Å²) < 4.78 is 0. The molecule has 2 heteroatoms. The zero-order valence-electron chi connectivity index (χ0n) is 3.56. The molecule has 2 nitrogen and oxygen atoms in total. The highest BCUT2D eigenvalue weighted by Gasteiger charge is 2.11. The summed E-state index contributed by atoms with van der Waals surface area (Å²) in [6.07, 6.45) is 0. The molecule has 1 N–H and O–H groups in total. The highest BCUT2D eigenvalue weighted by atomic mass is 16.1. The molecule has 0 aromatic rings. The average Bonchev–Trinajstić information content (AvgIpc) is 2.15. The van der Waals surface area contributed by atoms with Crippen molar-refractivity contribution in [3.8, 4) is 11.3 Å². The van der Waals surface area contributed by atoms with Gasteiger partial charge in [0.2, 0.25) is 5.56 Å². The summed E-state index contributed by atoms with van der Waals surface area (Å²) in [5.74, 6) is 0. The van der Waals surface area contributed by atoms with E-state index in [0.717, 1.165) is 11.3 Å². The number of aromatic amines is 1. The van der Waals surface area contributed by atoms with Crippen molar-refractivity contribution in [2.24, 2.45) is 0 Å². The van der Waals surface area contributed by atoms with Crippen LogP contribution in [0.2, 0.25) is 0 Å². The van der Waals surface area contributed by atoms with Crippen molar-refractivity contribution in [1.82, 2.24) is 4.98 Å². The fraction of sp³-hybridized carbons (Fsp3) is 0. The molecule has 0 saturated heterocycles. The summed E-state index contributed by atoms with van der Waals surface area (Å²) in [6, 6.07) is 3.52. The van der Waals surface area contributed by atoms with Crippen LogP contribution in [-0.2, 0) is 0 Å². The molecular formula is C5H3NO. The zero-order chi connectivity index (χ0) is 4.85. The predicted octanol–water partition coefficient (Wildman–Crippen LogP) is 0.355. The molecular weight excluding hydrogens is 90.1 g/mol. The van der Waals surface area contributed by atoms with Gasteiger partial charge in [-0.2, -0.15) is 0 Å². The Kier molecular flexibility index (Phi) is 0.278. The molecule has 0 spiro atoms. The molecule has 0 bridgehead atoms. The molecule has 0 aromatic heterocycles. The average molecular weight is 93.1 g/mol. The topological polar surface area (TPSA) is 32.9 Å². The van der Waals surface area contributed by atoms with E-state index in [1.54, 1.807) is 6.07 Å². The minimum atomic E-state index is 0.0208. The summed E-state index contributed by atoms with van der Waals surface area (Å²) in [5, 5.41) is 0. The third kappa shape index (κ3) is 0.257. The molecule has 1 aliphatic carbocycles. The fourth-order valence-corrected chi connectivity index (χ4v) is 0.657. The van der Waals surface area contributed by atoms with Crippen molar-refractivity contribution >= 4 is 0 Å². The number of hydrogen-bond donors (Lipinski definition) is 1. The van der Waals surface area contributed by atoms with Crippen molar-refractivity contribution in [1.29, 1.82) is 0 Å². The van der Waals surface area contributed by atoms with Gasteiger partial charge in [0.05, 0.1) is 0 Å². The molecule has 0 fully saturated rings. The van der Waals surface area contributed by atoms with Crippen molar-refractivity contribution in [3.63, 3.8) is 0 Å². The van der Waals surface area contributed by atoms with Gasteiger partial charge in [0.25, 0.3) is 0 Å². The maximum absolute atomic E-state index is 10.3. The van der Waals surface area contributed by atoms with E-state index in [1.165, 1.54) is 0 Å². The van der Waals surface area contributed by atoms with Crippen LogP contribution in [0.4, 0.5) is 0 Å². The smallest absolute Gasteiger partial charge is 0.249 e. The third-order valence-corrected chi connectivity index (χ3v) is 1.07. The van der Waals surface area contributed by atoms with Gasteiger partial charge >= 0.3 is 0 Å². The first-order valence-electron chi connectivity index (χ1n) is 2.11. The molecule has 1 heterocycles. The van der Waals surface area contributed by atoms with Crippen LogP contribution < -0.4 is 5.56 Å². The Labute approximate surface area is 39.8 Å². The number of nitrogens with one attached hydrogen (secondary N) is 1. The lowest BCUT2D eigenvalue weighted by atomic mass is 10.6. The van der Waals surface area contributed by atoms with Gasteiger partial charge in [-0.3, -0.25) is 4.79 Å². The highest BCUT2D eigenvalue weighted by molar-refractivity contribution is 5.75. The first-order chi connectivity index (χ1) is 3.36. The molecule has 0 aromatic carbocycles. The van der Waals surface area contributed by atoms with E-state index in [0.29, 0.717) is 0 Å². The summed E-state index contributed by atoms with van der Waals surface area (Å²) in [4.78, 5) is 12.9. The number of pyridine rings is 1. The zero-order valence-corrected chi connectivity index (χ0v) is 3.56. The van der Waals surface area contributed by atoms with E-state index in [4.69, 9.17) is 0 Å². The minimum absolute atomic E-state index is 0.0208. The largest absolute Gasteiger partial charge is 0.322 e. The van der Waals surface area contributed by atoms with Crippen LogP contribution in [0.5, 0.6) is 0 Å². The van der Waals surface area contributed by atoms with Crippen molar-refractivity contribution in [2.45, 2.75) is 0 Å². The van der Waals surface area contributed by atoms with Gasteiger partial charge in [-0.05, 0) is 6.07 Å². The Hall–Kier alpha value is -1.05. The number of H-pyrrole nitrogens is 1. The lowest BCUT2D eigenvalue weighted by Gasteiger charge is -1.56. The normalized spacial score (nSPS) is 11.4. The van der Waals surface area contributed by atoms with Gasteiger partial charge in [-0.25, -0.2) is 0 Å². The first-order valence-corrected chi connectivity index (χ1v) is 2.11. The van der Waals surface area contributed by atoms with E-state index < -0.39 is 0 Å². The Balaban J connectivity index is 2.97. The molecule has 2 rings (SSSR count). The van der Waals surface area contributed by atoms with E-state index in [-0.39, 0.29) is 5.56 Å². The van der Waals surface area contributed by atoms with Gasteiger partial charge in [0.15, 0.2) is 0 Å². The molecule has 0 unspecified atom stereocenters. The van der Waals surface area contributed by atoms with Gasteiger partial charge in [0, 0.05) is 17.3 Å². The second-order valence-corrected chi connectivity index (χ2v) is 1.65. The second kappa shape index (κ2) is 0.644. The van der Waals surface area contributed by atoms with Crippen LogP contribution in [0.1, 0.15) is 0 Å². The van der Waals surface area contributed by atoms with Crippen LogP contribution in [-0.4, -0.2) is 4.98 Å². The molecule has 34 valence electrons. The van der Waals surface area contributed by atoms with Crippen LogP contribution >= 0.6 is 0 Å². The van der Waals surface area contributed by atoms with Gasteiger partial charge in [-0.15, -0.1) is 0 Å². The SMILES string of the molecule is O=c1cc2cc-2[nH]1. The maximum atomic E-state index is 10.3. The van der Waals surface area contributed by atoms with E-state index in [1.807, 2.05) is 6.07 Å². The summed E-state index contributed by atoms with van der Waals surface area (Å²) >= 11 is 0. The summed E-state index contributed by atoms with van der Waals surface area (Å²) in [5.41, 5.74) is 2.10. The van der Waals surface area contributed by atoms with Crippen LogP contribution in [0.15, 0.2) is 16.9 Å². The molecule has 0 amide bonds. The highest BCUT2D eigenvalue weighted by Crippen LogP contribution is 2.27. The van der Waals surface area contributed by atoms with Crippen molar-refractivity contribution in [2.75, 3.05) is 0 Å². The first kappa shape index (κ1) is 3.02. The number of aromatic nitrogens is 1. The van der Waals surface area contributed by atoms with Crippen LogP contribution in [0.25, 0.3) is 11.3 Å². The van der Waals surface area contributed by atoms with Gasteiger partial charge in [0.1, 0.15) is 0 Å². The summed E-state index contributed by atoms with van der Waals surface area (Å²) in [7, 11) is 0. The van der Waals surface area contributed by atoms with Crippen molar-refractivity contribution < 1.29 is 0 Å². The van der Waals surface area contributed by atoms with Gasteiger partial charge in [-0.1, -0.05) is 0 Å². The van der Waals surface area contributed by atoms with Crippen LogP contribution in [0, 0.1) is 0 Å². The van der Waals surface area contributed by atoms with Crippen LogP contribution in [0.3, 0.4) is 0 Å². The lowest BCUT2D eigenvalue weighted by molar-refractivity contribution is 1.34. The second-order valence-electron chi connectivity index (χ2n) is 1.65. The quantitative estimate of drug-likeness (QED) is 0.501. The summed E-state index contributed by atoms with van der Waals surface area (Å²) in [6.45, 7) is 0. The molecule has 7 heavy (non-hydrogen) atoms. The molecule has 1 aliphatic heterocycles. The predicted molar refractivity (Wildman–Crippen MR) is 26.1 cm³/mol. The van der Waals surface area contributed by atoms with Crippen molar-refractivity contribution in [3.05, 3.63) is 22.5 Å². The van der Waals surface area contributed by atoms with E-state index in [2.05, 4.69) is 4.98 Å². The molecule has 0 saturated carbocycles. The number of fused-ring (bicyclic) bond motifs is 1. The van der Waals surface area contributed by atoms with E-state index >= 15 is 0 Å². The standard InChI is InChI=1S/C5H3NO/c7-5-2-3-1-4(3)6-5/h1-2H,(H,6,7). The maximum Gasteiger partial charge on any atom is 0.249 e. The fourth-order valence-electron chi connectivity index (χ4n) is 0.657. The molecule has 0 atom stereocenters. The number of rotatable bonds is 0. The third-order valence-electron chi connectivity index (χ3n) is 1.07. The minimum Gasteiger partial charge on any atom is -0.322 e. The Morgan fingerprint density at radius 3 is 2.57 bits per heavy atom. The Bertz CT molecular complexity index is 238.